The minimum Gasteiger partial charge on any atom is -0.396 e. The van der Waals surface area contributed by atoms with E-state index in [9.17, 15) is 4.39 Å². The number of aliphatic hydroxyl groups is 1. The van der Waals surface area contributed by atoms with E-state index in [0.717, 1.165) is 5.92 Å². The van der Waals surface area contributed by atoms with Crippen LogP contribution in [0.1, 0.15) is 32.6 Å². The minimum absolute atomic E-state index is 0.407. The van der Waals surface area contributed by atoms with Gasteiger partial charge in [0.15, 0.2) is 0 Å². The molecule has 0 bridgehead atoms. The first kappa shape index (κ1) is 10.9. The van der Waals surface area contributed by atoms with E-state index in [1.807, 2.05) is 0 Å². The Morgan fingerprint density at radius 1 is 1.36 bits per heavy atom. The topological polar surface area (TPSA) is 20.2 Å². The van der Waals surface area contributed by atoms with E-state index in [0.29, 0.717) is 19.7 Å². The molecule has 2 heteroatoms. The highest BCUT2D eigenvalue weighted by molar-refractivity contribution is 4.68. The molecule has 0 amide bonds. The number of hydrogen-bond acceptors (Lipinski definition) is 1. The van der Waals surface area contributed by atoms with Crippen LogP contribution in [0.2, 0.25) is 0 Å². The van der Waals surface area contributed by atoms with E-state index < -0.39 is 0 Å². The molecule has 0 spiro atoms. The highest BCUT2D eigenvalue weighted by Crippen LogP contribution is 2.27. The second-order valence-electron chi connectivity index (χ2n) is 3.32. The van der Waals surface area contributed by atoms with Gasteiger partial charge in [0, 0.05) is 6.61 Å². The van der Waals surface area contributed by atoms with Crippen molar-refractivity contribution < 1.29 is 9.50 Å². The molecule has 0 aromatic rings. The molecule has 0 heterocycles. The average molecular weight is 162 g/mol. The zero-order chi connectivity index (χ0) is 8.69. The molecule has 0 aromatic heterocycles. The maximum Gasteiger partial charge on any atom is 0.0785 e. The molecule has 0 aliphatic heterocycles. The maximum absolute atomic E-state index is 9.50. The molecule has 1 rings (SSSR count). The van der Waals surface area contributed by atoms with Gasteiger partial charge < -0.3 is 5.11 Å². The Bertz CT molecular complexity index is 85.6. The molecule has 1 fully saturated rings. The molecular weight excluding hydrogens is 143 g/mol. The van der Waals surface area contributed by atoms with Crippen LogP contribution in [0.4, 0.5) is 4.39 Å². The number of rotatable bonds is 1. The first-order valence-corrected chi connectivity index (χ1v) is 4.31. The summed E-state index contributed by atoms with van der Waals surface area (Å²) in [4.78, 5) is 0. The van der Waals surface area contributed by atoms with Gasteiger partial charge in [-0.2, -0.15) is 0 Å². The third-order valence-corrected chi connectivity index (χ3v) is 2.30. The standard InChI is InChI=1S/C8H16O.CH3F/c1-7-3-2-4-8(5-7)6-9;1-2/h7-9H,2-6H2,1H3;1H3/t7-,8+;/m0./s1. The van der Waals surface area contributed by atoms with Gasteiger partial charge in [-0.05, 0) is 24.7 Å². The lowest BCUT2D eigenvalue weighted by Gasteiger charge is -2.24. The number of aliphatic hydroxyl groups excluding tert-OH is 1. The lowest BCUT2D eigenvalue weighted by atomic mass is 9.83. The van der Waals surface area contributed by atoms with E-state index in [1.54, 1.807) is 0 Å². The summed E-state index contributed by atoms with van der Waals surface area (Å²) in [6.45, 7) is 2.69. The molecule has 0 radical (unpaired) electrons. The van der Waals surface area contributed by atoms with Gasteiger partial charge in [-0.25, -0.2) is 0 Å². The van der Waals surface area contributed by atoms with Crippen molar-refractivity contribution >= 4 is 0 Å². The van der Waals surface area contributed by atoms with Crippen LogP contribution in [0.15, 0.2) is 0 Å². The summed E-state index contributed by atoms with van der Waals surface area (Å²) >= 11 is 0. The van der Waals surface area contributed by atoms with Crippen LogP contribution < -0.4 is 0 Å². The van der Waals surface area contributed by atoms with Gasteiger partial charge in [0.2, 0.25) is 0 Å². The summed E-state index contributed by atoms with van der Waals surface area (Å²) in [5.41, 5.74) is 0. The monoisotopic (exact) mass is 162 g/mol. The summed E-state index contributed by atoms with van der Waals surface area (Å²) in [7, 11) is 0.500. The van der Waals surface area contributed by atoms with E-state index in [4.69, 9.17) is 5.11 Å². The van der Waals surface area contributed by atoms with Crippen LogP contribution in [0.5, 0.6) is 0 Å². The van der Waals surface area contributed by atoms with Crippen LogP contribution in [0.3, 0.4) is 0 Å². The van der Waals surface area contributed by atoms with Crippen molar-refractivity contribution in [1.82, 2.24) is 0 Å². The van der Waals surface area contributed by atoms with Crippen molar-refractivity contribution in [2.45, 2.75) is 32.6 Å². The fraction of sp³-hybridized carbons (Fsp3) is 1.00. The molecule has 0 aromatic carbocycles. The van der Waals surface area contributed by atoms with Crippen molar-refractivity contribution in [2.75, 3.05) is 13.8 Å². The SMILES string of the molecule is CF.C[C@H]1CCC[C@@H](CO)C1. The summed E-state index contributed by atoms with van der Waals surface area (Å²) in [6, 6.07) is 0. The molecule has 0 saturated heterocycles. The quantitative estimate of drug-likeness (QED) is 0.627. The number of alkyl halides is 1. The Labute approximate surface area is 68.6 Å². The smallest absolute Gasteiger partial charge is 0.0785 e. The Morgan fingerprint density at radius 2 is 2.00 bits per heavy atom. The van der Waals surface area contributed by atoms with Gasteiger partial charge in [-0.15, -0.1) is 0 Å². The second-order valence-corrected chi connectivity index (χ2v) is 3.32. The number of halogens is 1. The van der Waals surface area contributed by atoms with Gasteiger partial charge >= 0.3 is 0 Å². The van der Waals surface area contributed by atoms with Crippen molar-refractivity contribution in [3.05, 3.63) is 0 Å². The van der Waals surface area contributed by atoms with Gasteiger partial charge in [0.25, 0.3) is 0 Å². The summed E-state index contributed by atoms with van der Waals surface area (Å²) in [5.74, 6) is 1.48. The minimum atomic E-state index is 0.407. The van der Waals surface area contributed by atoms with Crippen LogP contribution in [-0.2, 0) is 0 Å². The molecule has 68 valence electrons. The van der Waals surface area contributed by atoms with Crippen molar-refractivity contribution in [3.8, 4) is 0 Å². The van der Waals surface area contributed by atoms with E-state index >= 15 is 0 Å². The van der Waals surface area contributed by atoms with E-state index in [1.165, 1.54) is 25.7 Å². The molecule has 11 heavy (non-hydrogen) atoms. The molecular formula is C9H19FO. The van der Waals surface area contributed by atoms with Crippen LogP contribution >= 0.6 is 0 Å². The predicted octanol–water partition coefficient (Wildman–Crippen LogP) is 2.39. The van der Waals surface area contributed by atoms with Crippen molar-refractivity contribution in [3.63, 3.8) is 0 Å². The third-order valence-electron chi connectivity index (χ3n) is 2.30. The predicted molar refractivity (Wildman–Crippen MR) is 45.2 cm³/mol. The maximum atomic E-state index is 9.50. The summed E-state index contributed by atoms with van der Waals surface area (Å²) in [6.07, 6.45) is 5.19. The summed E-state index contributed by atoms with van der Waals surface area (Å²) < 4.78 is 9.50. The van der Waals surface area contributed by atoms with Gasteiger partial charge in [-0.3, -0.25) is 4.39 Å². The molecule has 1 N–H and O–H groups in total. The summed E-state index contributed by atoms with van der Waals surface area (Å²) in [5, 5.41) is 8.81. The fourth-order valence-electron chi connectivity index (χ4n) is 1.73. The number of hydrogen-bond donors (Lipinski definition) is 1. The average Bonchev–Trinajstić information content (AvgIpc) is 2.08. The first-order chi connectivity index (χ1) is 5.33. The normalized spacial score (nSPS) is 30.5. The third kappa shape index (κ3) is 4.35. The lowest BCUT2D eigenvalue weighted by molar-refractivity contribution is 0.166. The highest BCUT2D eigenvalue weighted by atomic mass is 19.1. The van der Waals surface area contributed by atoms with Gasteiger partial charge in [0.05, 0.1) is 7.18 Å². The van der Waals surface area contributed by atoms with E-state index in [-0.39, 0.29) is 0 Å². The van der Waals surface area contributed by atoms with Gasteiger partial charge in [0.1, 0.15) is 0 Å². The van der Waals surface area contributed by atoms with Crippen LogP contribution in [-0.4, -0.2) is 18.9 Å². The largest absolute Gasteiger partial charge is 0.396 e. The molecule has 1 nitrogen and oxygen atoms in total. The van der Waals surface area contributed by atoms with Crippen LogP contribution in [0.25, 0.3) is 0 Å². The zero-order valence-electron chi connectivity index (χ0n) is 7.52. The Morgan fingerprint density at radius 3 is 2.36 bits per heavy atom. The molecule has 1 saturated carbocycles. The highest BCUT2D eigenvalue weighted by Gasteiger charge is 2.17. The fourth-order valence-corrected chi connectivity index (χ4v) is 1.73. The van der Waals surface area contributed by atoms with Crippen molar-refractivity contribution in [1.29, 1.82) is 0 Å². The first-order valence-electron chi connectivity index (χ1n) is 4.31. The van der Waals surface area contributed by atoms with E-state index in [2.05, 4.69) is 6.92 Å². The molecule has 2 atom stereocenters. The van der Waals surface area contributed by atoms with Crippen LogP contribution in [0, 0.1) is 11.8 Å². The molecule has 0 unspecified atom stereocenters. The Balaban J connectivity index is 0.000000461. The zero-order valence-corrected chi connectivity index (χ0v) is 7.52. The Kier molecular flexibility index (Phi) is 6.52. The lowest BCUT2D eigenvalue weighted by Crippen LogP contribution is -2.15. The van der Waals surface area contributed by atoms with Crippen molar-refractivity contribution in [2.24, 2.45) is 11.8 Å². The second kappa shape index (κ2) is 6.59. The van der Waals surface area contributed by atoms with Gasteiger partial charge in [-0.1, -0.05) is 19.8 Å². The molecule has 1 aliphatic carbocycles. The Hall–Kier alpha value is -0.110. The molecule has 1 aliphatic rings.